The lowest BCUT2D eigenvalue weighted by molar-refractivity contribution is -0.157. The van der Waals surface area contributed by atoms with Crippen molar-refractivity contribution in [3.05, 3.63) is 63.3 Å². The summed E-state index contributed by atoms with van der Waals surface area (Å²) < 4.78 is 6.11. The molecule has 0 unspecified atom stereocenters. The minimum Gasteiger partial charge on any atom is -0.360 e. The van der Waals surface area contributed by atoms with Crippen molar-refractivity contribution in [3.8, 4) is 0 Å². The molecule has 4 rings (SSSR count). The Morgan fingerprint density at radius 1 is 1.02 bits per heavy atom. The standard InChI is InChI=1S/C32H43N7O7/c1-18(2)28-30(43)33-14-22-15-39(27(41)12-11-23-19(3)34-32(45)35-20(23)4)16-25(46-22)29(42)36-24(13-21-9-7-6-8-10-21)31(44)38(5)17-26(40)37-28/h6-10,18,22,24-25,28H,11-17H2,1-5H3,(H,33,43)(H,36,42)(H,37,40)(H,34,35,45)/t22-,24+,25+,28-/m0/s1. The summed E-state index contributed by atoms with van der Waals surface area (Å²) in [5.74, 6) is -2.55. The molecule has 2 bridgehead atoms. The van der Waals surface area contributed by atoms with Crippen LogP contribution >= 0.6 is 0 Å². The number of likely N-dealkylation sites (N-methyl/N-ethyl adjacent to an activating group) is 1. The maximum atomic E-state index is 13.7. The van der Waals surface area contributed by atoms with E-state index in [-0.39, 0.29) is 50.8 Å². The normalized spacial score (nSPS) is 23.3. The molecule has 0 aliphatic carbocycles. The molecule has 2 saturated heterocycles. The monoisotopic (exact) mass is 637 g/mol. The Kier molecular flexibility index (Phi) is 11.3. The highest BCUT2D eigenvalue weighted by molar-refractivity contribution is 5.93. The van der Waals surface area contributed by atoms with E-state index >= 15 is 0 Å². The van der Waals surface area contributed by atoms with Crippen LogP contribution in [0.5, 0.6) is 0 Å². The molecule has 14 nitrogen and oxygen atoms in total. The maximum Gasteiger partial charge on any atom is 0.345 e. The van der Waals surface area contributed by atoms with Crippen LogP contribution in [0.15, 0.2) is 35.1 Å². The first-order chi connectivity index (χ1) is 21.8. The third-order valence-corrected chi connectivity index (χ3v) is 8.28. The summed E-state index contributed by atoms with van der Waals surface area (Å²) in [6.45, 7) is 6.77. The van der Waals surface area contributed by atoms with Crippen LogP contribution < -0.4 is 21.6 Å². The van der Waals surface area contributed by atoms with Crippen molar-refractivity contribution < 1.29 is 28.7 Å². The quantitative estimate of drug-likeness (QED) is 0.323. The van der Waals surface area contributed by atoms with Gasteiger partial charge in [0.05, 0.1) is 19.2 Å². The van der Waals surface area contributed by atoms with Crippen LogP contribution in [0.2, 0.25) is 0 Å². The van der Waals surface area contributed by atoms with Crippen LogP contribution in [0.1, 0.15) is 42.8 Å². The lowest BCUT2D eigenvalue weighted by atomic mass is 10.0. The summed E-state index contributed by atoms with van der Waals surface area (Å²) in [4.78, 5) is 88.0. The number of fused-ring (bicyclic) bond motifs is 2. The number of rotatable bonds is 6. The Morgan fingerprint density at radius 3 is 2.41 bits per heavy atom. The van der Waals surface area contributed by atoms with Gasteiger partial charge in [0.1, 0.15) is 12.1 Å². The van der Waals surface area contributed by atoms with Crippen molar-refractivity contribution in [3.63, 3.8) is 0 Å². The zero-order chi connectivity index (χ0) is 33.5. The predicted octanol–water partition coefficient (Wildman–Crippen LogP) is -0.628. The first kappa shape index (κ1) is 34.3. The fourth-order valence-electron chi connectivity index (χ4n) is 5.77. The van der Waals surface area contributed by atoms with E-state index in [1.54, 1.807) is 27.7 Å². The number of hydrogen-bond donors (Lipinski definition) is 4. The van der Waals surface area contributed by atoms with Gasteiger partial charge in [-0.25, -0.2) is 4.79 Å². The molecule has 248 valence electrons. The van der Waals surface area contributed by atoms with Crippen LogP contribution in [0.3, 0.4) is 0 Å². The highest BCUT2D eigenvalue weighted by Gasteiger charge is 2.38. The molecule has 0 spiro atoms. The number of benzene rings is 1. The highest BCUT2D eigenvalue weighted by atomic mass is 16.5. The van der Waals surface area contributed by atoms with Gasteiger partial charge >= 0.3 is 5.69 Å². The number of morpholine rings is 1. The van der Waals surface area contributed by atoms with E-state index in [0.29, 0.717) is 17.8 Å². The molecule has 2 aliphatic heterocycles. The lowest BCUT2D eigenvalue weighted by Gasteiger charge is -2.38. The molecule has 0 saturated carbocycles. The van der Waals surface area contributed by atoms with Crippen LogP contribution in [-0.4, -0.2) is 107 Å². The van der Waals surface area contributed by atoms with Gasteiger partial charge in [0, 0.05) is 44.4 Å². The number of ether oxygens (including phenoxy) is 1. The zero-order valence-corrected chi connectivity index (χ0v) is 26.9. The lowest BCUT2D eigenvalue weighted by Crippen LogP contribution is -2.59. The summed E-state index contributed by atoms with van der Waals surface area (Å²) >= 11 is 0. The van der Waals surface area contributed by atoms with E-state index in [1.807, 2.05) is 30.3 Å². The number of aromatic nitrogens is 2. The highest BCUT2D eigenvalue weighted by Crippen LogP contribution is 2.17. The number of carbonyl (C=O) groups excluding carboxylic acids is 5. The molecule has 3 heterocycles. The van der Waals surface area contributed by atoms with Crippen LogP contribution in [0.4, 0.5) is 0 Å². The molecule has 2 aliphatic rings. The third-order valence-electron chi connectivity index (χ3n) is 8.28. The predicted molar refractivity (Wildman–Crippen MR) is 167 cm³/mol. The molecular weight excluding hydrogens is 594 g/mol. The SMILES string of the molecule is Cc1nc(=O)[nH]c(C)c1CCC(=O)N1C[C@@H]2CNC(=O)[C@H](C(C)C)NC(=O)CN(C)C(=O)[C@@H](Cc3ccccc3)NC(=O)[C@@H](C1)O2. The molecule has 4 atom stereocenters. The van der Waals surface area contributed by atoms with Gasteiger partial charge in [-0.2, -0.15) is 4.98 Å². The number of nitrogens with zero attached hydrogens (tertiary/aromatic N) is 3. The number of aromatic amines is 1. The van der Waals surface area contributed by atoms with Crippen LogP contribution in [-0.2, 0) is 41.6 Å². The van der Waals surface area contributed by atoms with Gasteiger partial charge in [-0.15, -0.1) is 0 Å². The number of H-pyrrole nitrogens is 1. The Morgan fingerprint density at radius 2 is 1.74 bits per heavy atom. The topological polar surface area (TPSA) is 183 Å². The number of hydrogen-bond acceptors (Lipinski definition) is 8. The number of nitrogens with one attached hydrogen (secondary N) is 4. The minimum atomic E-state index is -1.13. The second-order valence-corrected chi connectivity index (χ2v) is 12.3. The molecule has 2 aromatic rings. The van der Waals surface area contributed by atoms with Gasteiger partial charge in [0.2, 0.25) is 23.6 Å². The molecule has 46 heavy (non-hydrogen) atoms. The van der Waals surface area contributed by atoms with Gasteiger partial charge < -0.3 is 35.5 Å². The molecule has 1 aromatic carbocycles. The minimum absolute atomic E-state index is 0.0141. The average Bonchev–Trinajstić information content (AvgIpc) is 3.01. The largest absolute Gasteiger partial charge is 0.360 e. The van der Waals surface area contributed by atoms with E-state index in [0.717, 1.165) is 11.1 Å². The Balaban J connectivity index is 1.60. The fraction of sp³-hybridized carbons (Fsp3) is 0.531. The van der Waals surface area contributed by atoms with E-state index in [1.165, 1.54) is 16.8 Å². The summed E-state index contributed by atoms with van der Waals surface area (Å²) in [7, 11) is 1.46. The van der Waals surface area contributed by atoms with Gasteiger partial charge in [-0.05, 0) is 37.3 Å². The summed E-state index contributed by atoms with van der Waals surface area (Å²) in [6.07, 6.45) is -1.29. The van der Waals surface area contributed by atoms with Crippen molar-refractivity contribution in [2.24, 2.45) is 5.92 Å². The summed E-state index contributed by atoms with van der Waals surface area (Å²) in [5, 5.41) is 8.33. The van der Waals surface area contributed by atoms with Crippen molar-refractivity contribution >= 4 is 29.5 Å². The second kappa shape index (κ2) is 15.1. The number of carbonyl (C=O) groups is 5. The first-order valence-corrected chi connectivity index (χ1v) is 15.5. The van der Waals surface area contributed by atoms with Gasteiger partial charge in [-0.3, -0.25) is 24.0 Å². The summed E-state index contributed by atoms with van der Waals surface area (Å²) in [6, 6.07) is 7.26. The fourth-order valence-corrected chi connectivity index (χ4v) is 5.77. The van der Waals surface area contributed by atoms with Crippen LogP contribution in [0.25, 0.3) is 0 Å². The zero-order valence-electron chi connectivity index (χ0n) is 26.9. The van der Waals surface area contributed by atoms with E-state index in [2.05, 4.69) is 25.9 Å². The molecular formula is C32H43N7O7. The first-order valence-electron chi connectivity index (χ1n) is 15.5. The number of aryl methyl sites for hydroxylation is 2. The van der Waals surface area contributed by atoms with Crippen molar-refractivity contribution in [1.82, 2.24) is 35.7 Å². The van der Waals surface area contributed by atoms with Crippen LogP contribution in [0, 0.1) is 19.8 Å². The summed E-state index contributed by atoms with van der Waals surface area (Å²) in [5.41, 5.74) is 2.28. The van der Waals surface area contributed by atoms with Gasteiger partial charge in [0.25, 0.3) is 5.91 Å². The Bertz CT molecular complexity index is 1480. The Labute approximate surface area is 267 Å². The molecule has 4 N–H and O–H groups in total. The molecule has 5 amide bonds. The van der Waals surface area contributed by atoms with Crippen molar-refractivity contribution in [2.45, 2.75) is 71.2 Å². The van der Waals surface area contributed by atoms with E-state index < -0.39 is 53.6 Å². The van der Waals surface area contributed by atoms with Gasteiger partial charge in [-0.1, -0.05) is 44.2 Å². The average molecular weight is 638 g/mol. The van der Waals surface area contributed by atoms with E-state index in [9.17, 15) is 28.8 Å². The molecule has 1 aromatic heterocycles. The Hall–Kier alpha value is -4.59. The van der Waals surface area contributed by atoms with E-state index in [4.69, 9.17) is 4.74 Å². The van der Waals surface area contributed by atoms with Crippen molar-refractivity contribution in [1.29, 1.82) is 0 Å². The molecule has 2 fully saturated rings. The molecule has 0 radical (unpaired) electrons. The van der Waals surface area contributed by atoms with Crippen molar-refractivity contribution in [2.75, 3.05) is 33.2 Å². The third kappa shape index (κ3) is 8.77. The molecule has 14 heteroatoms. The smallest absolute Gasteiger partial charge is 0.345 e. The maximum absolute atomic E-state index is 13.7. The second-order valence-electron chi connectivity index (χ2n) is 12.3. The number of amides is 5. The van der Waals surface area contributed by atoms with Gasteiger partial charge in [0.15, 0.2) is 6.10 Å².